The van der Waals surface area contributed by atoms with E-state index in [4.69, 9.17) is 17.2 Å². The highest BCUT2D eigenvalue weighted by atomic mass is 32.1. The molecule has 0 unspecified atom stereocenters. The molecule has 0 aliphatic carbocycles. The van der Waals surface area contributed by atoms with Gasteiger partial charge in [0.25, 0.3) is 0 Å². The molecule has 490 valence electrons. The maximum absolute atomic E-state index is 15.1. The fourth-order valence-electron chi connectivity index (χ4n) is 9.89. The Bertz CT molecular complexity index is 3470. The van der Waals surface area contributed by atoms with Crippen LogP contribution in [0.15, 0.2) is 140 Å². The van der Waals surface area contributed by atoms with Crippen LogP contribution in [0.1, 0.15) is 54.0 Å². The molecule has 0 fully saturated rings. The minimum atomic E-state index is -1.75. The first-order chi connectivity index (χ1) is 44.0. The number of nitrogens with two attached hydrogens (primary N) is 3. The van der Waals surface area contributed by atoms with Crippen LogP contribution in [0.2, 0.25) is 0 Å². The normalized spacial score (nSPS) is 14.4. The number of phenolic OH excluding ortho intramolecular Hbond substituents is 1. The highest BCUT2D eigenvalue weighted by Gasteiger charge is 2.37. The van der Waals surface area contributed by atoms with Crippen molar-refractivity contribution in [3.05, 3.63) is 167 Å². The van der Waals surface area contributed by atoms with E-state index in [9.17, 15) is 53.7 Å². The van der Waals surface area contributed by atoms with Crippen molar-refractivity contribution < 1.29 is 63.3 Å². The number of urea groups is 1. The van der Waals surface area contributed by atoms with Gasteiger partial charge in [0, 0.05) is 66.4 Å². The zero-order valence-electron chi connectivity index (χ0n) is 50.4. The van der Waals surface area contributed by atoms with E-state index in [-0.39, 0.29) is 68.7 Å². The van der Waals surface area contributed by atoms with Gasteiger partial charge in [-0.2, -0.15) is 25.3 Å². The maximum atomic E-state index is 15.1. The van der Waals surface area contributed by atoms with Crippen molar-refractivity contribution in [1.29, 1.82) is 0 Å². The first-order valence-corrected chi connectivity index (χ1v) is 30.9. The predicted molar refractivity (Wildman–Crippen MR) is 351 cm³/mol. The number of fused-ring (bicyclic) bond motifs is 1. The molecule has 6 rings (SSSR count). The number of aromatic amines is 1. The van der Waals surface area contributed by atoms with Crippen LogP contribution in [-0.4, -0.2) is 158 Å². The van der Waals surface area contributed by atoms with Gasteiger partial charge in [-0.05, 0) is 90.9 Å². The Kier molecular flexibility index (Phi) is 27.7. The average molecular weight is 1300 g/mol. The summed E-state index contributed by atoms with van der Waals surface area (Å²) in [5.74, 6) is -9.22. The number of hydrogen-bond acceptors (Lipinski definition) is 16. The number of carbonyl (C=O) groups excluding carboxylic acids is 9. The van der Waals surface area contributed by atoms with E-state index in [1.54, 1.807) is 115 Å². The molecule has 1 heterocycles. The number of H-pyrrole nitrogens is 1. The predicted octanol–water partition coefficient (Wildman–Crippen LogP) is 0.338. The number of thiol groups is 2. The molecular weight excluding hydrogens is 1220 g/mol. The number of unbranched alkanes of at least 4 members (excludes halogenated alkanes) is 1. The summed E-state index contributed by atoms with van der Waals surface area (Å²) in [4.78, 5) is 143. The number of hydrogen-bond donors (Lipinski definition) is 18. The van der Waals surface area contributed by atoms with Crippen LogP contribution in [-0.2, 0) is 75.3 Å². The summed E-state index contributed by atoms with van der Waals surface area (Å²) in [6, 6.07) is 22.3. The Hall–Kier alpha value is -9.64. The number of carbonyl (C=O) groups is 10. The lowest BCUT2D eigenvalue weighted by molar-refractivity contribution is -0.141. The first-order valence-electron chi connectivity index (χ1n) is 29.6. The van der Waals surface area contributed by atoms with Crippen LogP contribution in [0.4, 0.5) is 10.5 Å². The van der Waals surface area contributed by atoms with Crippen LogP contribution < -0.4 is 65.1 Å². The quantitative estimate of drug-likeness (QED) is 0.0145. The van der Waals surface area contributed by atoms with Crippen molar-refractivity contribution in [3.8, 4) is 5.75 Å². The molecule has 92 heavy (non-hydrogen) atoms. The van der Waals surface area contributed by atoms with Gasteiger partial charge in [0.2, 0.25) is 47.3 Å². The molecule has 6 aromatic rings. The number of anilines is 1. The van der Waals surface area contributed by atoms with Gasteiger partial charge in [0.1, 0.15) is 60.1 Å². The second-order valence-electron chi connectivity index (χ2n) is 22.0. The molecule has 0 radical (unpaired) electrons. The van der Waals surface area contributed by atoms with Gasteiger partial charge in [-0.3, -0.25) is 38.4 Å². The molecule has 10 amide bonds. The molecule has 0 aliphatic heterocycles. The van der Waals surface area contributed by atoms with Gasteiger partial charge in [0.15, 0.2) is 0 Å². The number of nitrogen functional groups attached to an aromatic ring is 1. The van der Waals surface area contributed by atoms with Crippen molar-refractivity contribution in [2.75, 3.05) is 23.8 Å². The number of para-hydroxylation sites is 1. The molecule has 0 bridgehead atoms. The van der Waals surface area contributed by atoms with E-state index in [0.29, 0.717) is 50.8 Å². The average Bonchev–Trinajstić information content (AvgIpc) is 2.07. The molecule has 26 nitrogen and oxygen atoms in total. The number of benzene rings is 5. The molecule has 19 N–H and O–H groups in total. The minimum absolute atomic E-state index is 0.0366. The topological polar surface area (TPSA) is 434 Å². The number of nitrogens with one attached hydrogen (secondary N) is 10. The first kappa shape index (κ1) is 71.4. The van der Waals surface area contributed by atoms with E-state index in [0.717, 1.165) is 0 Å². The number of carboxylic acid groups (broad SMARTS) is 1. The van der Waals surface area contributed by atoms with E-state index in [1.165, 1.54) is 31.2 Å². The Morgan fingerprint density at radius 3 is 1.33 bits per heavy atom. The van der Waals surface area contributed by atoms with Crippen molar-refractivity contribution >= 4 is 101 Å². The summed E-state index contributed by atoms with van der Waals surface area (Å²) in [5.41, 5.74) is 21.2. The molecule has 0 saturated carbocycles. The molecule has 0 saturated heterocycles. The van der Waals surface area contributed by atoms with Gasteiger partial charge in [-0.1, -0.05) is 103 Å². The molecule has 0 spiro atoms. The smallest absolute Gasteiger partial charge is 0.327 e. The van der Waals surface area contributed by atoms with E-state index in [1.807, 2.05) is 0 Å². The van der Waals surface area contributed by atoms with Crippen molar-refractivity contribution in [1.82, 2.24) is 52.8 Å². The molecule has 10 atom stereocenters. The number of rotatable bonds is 35. The van der Waals surface area contributed by atoms with Gasteiger partial charge in [-0.25, -0.2) is 9.59 Å². The number of aliphatic carboxylic acids is 1. The highest BCUT2D eigenvalue weighted by molar-refractivity contribution is 7.80. The van der Waals surface area contributed by atoms with Crippen LogP contribution in [0.25, 0.3) is 10.9 Å². The molecular formula is C64H79N13O13S2. The summed E-state index contributed by atoms with van der Waals surface area (Å²) in [5, 5.41) is 54.6. The lowest BCUT2D eigenvalue weighted by atomic mass is 10.00. The zero-order chi connectivity index (χ0) is 66.9. The standard InChI is InChI=1S/C64H79N13O13S2/c1-36(78)54(62(87)73-49(29-38-14-6-3-7-15-38)58(83)75-53(35-92)63(88)89)77-55(80)46(18-10-11-27-65)69-60(85)51(32-41-33-68-45-17-9-8-16-44(41)45)72-57(82)48(30-39-19-23-42(66)24-20-39)70-56(81)47(28-37-12-4-2-5-13-37)71-61(86)52(34-91)74-59(84)50(76-64(67)90)31-40-21-25-43(79)26-22-40/h2-9,12-17,19-26,33,36,46-54,68,78-79,91-92H,10-11,18,27-32,34-35,65-66H2,1H3,(H,69,85)(H,70,81)(H,71,86)(H,72,82)(H,73,87)(H,74,84)(H,75,83)(H,77,80)(H,88,89)(H3,67,76,90)/t36-,46+,47+,48+,49+,50+,51+,52+,53+,54+/m1/s1. The number of aliphatic hydroxyl groups excluding tert-OH is 1. The lowest BCUT2D eigenvalue weighted by Crippen LogP contribution is -2.62. The van der Waals surface area contributed by atoms with Gasteiger partial charge >= 0.3 is 12.0 Å². The molecule has 28 heteroatoms. The number of amides is 10. The van der Waals surface area contributed by atoms with Crippen molar-refractivity contribution in [2.45, 2.75) is 119 Å². The Morgan fingerprint density at radius 1 is 0.467 bits per heavy atom. The number of aromatic hydroxyl groups is 1. The zero-order valence-corrected chi connectivity index (χ0v) is 52.2. The number of primary amides is 1. The number of aliphatic hydroxyl groups is 1. The lowest BCUT2D eigenvalue weighted by Gasteiger charge is -2.29. The third-order valence-electron chi connectivity index (χ3n) is 14.9. The number of phenols is 1. The molecule has 5 aromatic carbocycles. The molecule has 0 aliphatic rings. The second kappa shape index (κ2) is 35.7. The van der Waals surface area contributed by atoms with Crippen LogP contribution in [0.5, 0.6) is 5.75 Å². The van der Waals surface area contributed by atoms with Crippen LogP contribution in [0, 0.1) is 0 Å². The third kappa shape index (κ3) is 22.1. The van der Waals surface area contributed by atoms with E-state index < -0.39 is 120 Å². The molecule has 1 aromatic heterocycles. The summed E-state index contributed by atoms with van der Waals surface area (Å²) in [6.45, 7) is 1.42. The van der Waals surface area contributed by atoms with Crippen LogP contribution >= 0.6 is 25.3 Å². The maximum Gasteiger partial charge on any atom is 0.327 e. The van der Waals surface area contributed by atoms with Gasteiger partial charge in [-0.15, -0.1) is 0 Å². The Balaban J connectivity index is 1.29. The van der Waals surface area contributed by atoms with Gasteiger partial charge in [0.05, 0.1) is 6.10 Å². The van der Waals surface area contributed by atoms with Gasteiger partial charge < -0.3 is 85.4 Å². The van der Waals surface area contributed by atoms with Crippen molar-refractivity contribution in [2.24, 2.45) is 11.5 Å². The Morgan fingerprint density at radius 2 is 0.859 bits per heavy atom. The number of carboxylic acids is 1. The highest BCUT2D eigenvalue weighted by Crippen LogP contribution is 2.21. The number of aromatic nitrogens is 1. The SMILES string of the molecule is C[C@@H](O)[C@H](NC(=O)[C@H](CCCCN)NC(=O)[C@H](Cc1c[nH]c2ccccc12)NC(=O)[C@H](Cc1ccc(N)cc1)NC(=O)[C@H](Cc1ccccc1)NC(=O)[C@H](CS)NC(=O)[C@H](Cc1ccc(O)cc1)NC(N)=O)C(=O)N[C@@H](Cc1ccccc1)C(=O)N[C@@H](CS)C(=O)O. The summed E-state index contributed by atoms with van der Waals surface area (Å²) >= 11 is 8.36. The fourth-order valence-corrected chi connectivity index (χ4v) is 10.4. The second-order valence-corrected chi connectivity index (χ2v) is 22.7. The van der Waals surface area contributed by atoms with Crippen molar-refractivity contribution in [3.63, 3.8) is 0 Å². The third-order valence-corrected chi connectivity index (χ3v) is 15.6. The summed E-state index contributed by atoms with van der Waals surface area (Å²) < 4.78 is 0. The summed E-state index contributed by atoms with van der Waals surface area (Å²) in [7, 11) is 0. The van der Waals surface area contributed by atoms with Crippen LogP contribution in [0.3, 0.4) is 0 Å². The summed E-state index contributed by atoms with van der Waals surface area (Å²) in [6.07, 6.45) is -0.139. The minimum Gasteiger partial charge on any atom is -0.508 e. The van der Waals surface area contributed by atoms with E-state index >= 15 is 9.59 Å². The monoisotopic (exact) mass is 1300 g/mol. The largest absolute Gasteiger partial charge is 0.508 e. The Labute approximate surface area is 542 Å². The fraction of sp³-hybridized carbons (Fsp3) is 0.344. The van der Waals surface area contributed by atoms with E-state index in [2.05, 4.69) is 78.1 Å².